The van der Waals surface area contributed by atoms with Crippen LogP contribution in [-0.4, -0.2) is 29.0 Å². The maximum atomic E-state index is 11.8. The standard InChI is InChI=1S/C17H21NO2S/c1-12-3-4-15-14(10-17(19)20-16(15)9-12)11-18-6-8-21-7-5-13(18)2/h3-4,9-10,13H,5-8,11H2,1-2H3. The van der Waals surface area contributed by atoms with Gasteiger partial charge in [0, 0.05) is 36.3 Å². The Balaban J connectivity index is 1.97. The molecule has 1 aromatic carbocycles. The molecule has 0 amide bonds. The van der Waals surface area contributed by atoms with Crippen LogP contribution in [0.2, 0.25) is 0 Å². The van der Waals surface area contributed by atoms with E-state index in [9.17, 15) is 4.79 Å². The van der Waals surface area contributed by atoms with Crippen LogP contribution in [0.15, 0.2) is 33.5 Å². The van der Waals surface area contributed by atoms with Crippen LogP contribution in [0.3, 0.4) is 0 Å². The molecule has 1 atom stereocenters. The van der Waals surface area contributed by atoms with E-state index < -0.39 is 0 Å². The van der Waals surface area contributed by atoms with Crippen molar-refractivity contribution in [3.8, 4) is 0 Å². The maximum absolute atomic E-state index is 11.8. The molecule has 3 nitrogen and oxygen atoms in total. The number of hydrogen-bond acceptors (Lipinski definition) is 4. The molecule has 4 heteroatoms. The maximum Gasteiger partial charge on any atom is 0.336 e. The average Bonchev–Trinajstić information content (AvgIpc) is 2.63. The summed E-state index contributed by atoms with van der Waals surface area (Å²) in [6, 6.07) is 8.31. The number of nitrogens with zero attached hydrogens (tertiary/aromatic N) is 1. The Morgan fingerprint density at radius 3 is 3.05 bits per heavy atom. The van der Waals surface area contributed by atoms with Gasteiger partial charge in [0.25, 0.3) is 0 Å². The van der Waals surface area contributed by atoms with E-state index in [-0.39, 0.29) is 5.63 Å². The van der Waals surface area contributed by atoms with Crippen LogP contribution in [0, 0.1) is 6.92 Å². The van der Waals surface area contributed by atoms with Crippen molar-refractivity contribution < 1.29 is 4.42 Å². The highest BCUT2D eigenvalue weighted by Crippen LogP contribution is 2.23. The smallest absolute Gasteiger partial charge is 0.336 e. The van der Waals surface area contributed by atoms with Crippen LogP contribution in [0.1, 0.15) is 24.5 Å². The molecule has 0 bridgehead atoms. The van der Waals surface area contributed by atoms with E-state index in [0.29, 0.717) is 11.6 Å². The van der Waals surface area contributed by atoms with Crippen molar-refractivity contribution in [3.05, 3.63) is 45.8 Å². The molecule has 0 radical (unpaired) electrons. The third-order valence-corrected chi connectivity index (χ3v) is 5.18. The second kappa shape index (κ2) is 6.24. The van der Waals surface area contributed by atoms with Crippen molar-refractivity contribution in [2.75, 3.05) is 18.1 Å². The van der Waals surface area contributed by atoms with Gasteiger partial charge in [-0.05, 0) is 43.2 Å². The Morgan fingerprint density at radius 1 is 1.33 bits per heavy atom. The number of aryl methyl sites for hydroxylation is 1. The third-order valence-electron chi connectivity index (χ3n) is 4.19. The molecule has 1 aliphatic rings. The van der Waals surface area contributed by atoms with E-state index in [4.69, 9.17) is 4.42 Å². The predicted octanol–water partition coefficient (Wildman–Crippen LogP) is 3.43. The minimum absolute atomic E-state index is 0.250. The molecule has 1 aromatic heterocycles. The quantitative estimate of drug-likeness (QED) is 0.796. The summed E-state index contributed by atoms with van der Waals surface area (Å²) >= 11 is 2.02. The first-order valence-corrected chi connectivity index (χ1v) is 8.64. The number of hydrogen-bond donors (Lipinski definition) is 0. The molecule has 1 aliphatic heterocycles. The zero-order valence-corrected chi connectivity index (χ0v) is 13.4. The molecule has 0 spiro atoms. The van der Waals surface area contributed by atoms with Crippen LogP contribution in [0.5, 0.6) is 0 Å². The van der Waals surface area contributed by atoms with E-state index >= 15 is 0 Å². The van der Waals surface area contributed by atoms with E-state index in [2.05, 4.69) is 24.0 Å². The fourth-order valence-corrected chi connectivity index (χ4v) is 3.94. The molecule has 0 aliphatic carbocycles. The number of fused-ring (bicyclic) bond motifs is 1. The van der Waals surface area contributed by atoms with Gasteiger partial charge in [-0.25, -0.2) is 4.79 Å². The number of benzene rings is 1. The first-order chi connectivity index (χ1) is 10.1. The molecule has 1 saturated heterocycles. The second-order valence-corrected chi connectivity index (χ2v) is 7.04. The average molecular weight is 303 g/mol. The molecule has 0 saturated carbocycles. The van der Waals surface area contributed by atoms with E-state index in [1.807, 2.05) is 24.8 Å². The summed E-state index contributed by atoms with van der Waals surface area (Å²) < 4.78 is 5.35. The first-order valence-electron chi connectivity index (χ1n) is 7.48. The Kier molecular flexibility index (Phi) is 4.36. The summed E-state index contributed by atoms with van der Waals surface area (Å²) in [6.07, 6.45) is 1.21. The van der Waals surface area contributed by atoms with Crippen LogP contribution in [0.25, 0.3) is 11.0 Å². The van der Waals surface area contributed by atoms with E-state index in [0.717, 1.165) is 29.6 Å². The van der Waals surface area contributed by atoms with Crippen molar-refractivity contribution in [2.24, 2.45) is 0 Å². The lowest BCUT2D eigenvalue weighted by Gasteiger charge is -2.26. The highest BCUT2D eigenvalue weighted by atomic mass is 32.2. The Morgan fingerprint density at radius 2 is 2.19 bits per heavy atom. The SMILES string of the molecule is Cc1ccc2c(CN3CCSCCC3C)cc(=O)oc2c1. The van der Waals surface area contributed by atoms with Gasteiger partial charge in [0.05, 0.1) is 0 Å². The predicted molar refractivity (Wildman–Crippen MR) is 89.0 cm³/mol. The normalized spacial score (nSPS) is 20.6. The molecular formula is C17H21NO2S. The highest BCUT2D eigenvalue weighted by molar-refractivity contribution is 7.99. The summed E-state index contributed by atoms with van der Waals surface area (Å²) in [7, 11) is 0. The van der Waals surface area contributed by atoms with E-state index in [1.165, 1.54) is 17.9 Å². The number of thioether (sulfide) groups is 1. The molecule has 112 valence electrons. The molecule has 1 unspecified atom stereocenters. The van der Waals surface area contributed by atoms with Gasteiger partial charge in [-0.1, -0.05) is 12.1 Å². The van der Waals surface area contributed by atoms with Crippen molar-refractivity contribution in [3.63, 3.8) is 0 Å². The monoisotopic (exact) mass is 303 g/mol. The van der Waals surface area contributed by atoms with Crippen LogP contribution in [-0.2, 0) is 6.54 Å². The Labute approximate surface area is 129 Å². The fraction of sp³-hybridized carbons (Fsp3) is 0.471. The third kappa shape index (κ3) is 3.33. The summed E-state index contributed by atoms with van der Waals surface area (Å²) in [6.45, 7) is 6.20. The summed E-state index contributed by atoms with van der Waals surface area (Å²) in [4.78, 5) is 14.3. The Bertz CT molecular complexity index is 695. The topological polar surface area (TPSA) is 33.5 Å². The lowest BCUT2D eigenvalue weighted by molar-refractivity contribution is 0.213. The van der Waals surface area contributed by atoms with Crippen molar-refractivity contribution in [2.45, 2.75) is 32.9 Å². The molecule has 2 aromatic rings. The zero-order valence-electron chi connectivity index (χ0n) is 12.6. The zero-order chi connectivity index (χ0) is 14.8. The summed E-state index contributed by atoms with van der Waals surface area (Å²) in [5, 5.41) is 1.06. The van der Waals surface area contributed by atoms with Gasteiger partial charge in [-0.3, -0.25) is 4.90 Å². The number of rotatable bonds is 2. The van der Waals surface area contributed by atoms with E-state index in [1.54, 1.807) is 6.07 Å². The lowest BCUT2D eigenvalue weighted by atomic mass is 10.1. The van der Waals surface area contributed by atoms with Gasteiger partial charge in [-0.15, -0.1) is 0 Å². The molecule has 0 N–H and O–H groups in total. The fourth-order valence-electron chi connectivity index (χ4n) is 2.86. The first kappa shape index (κ1) is 14.7. The van der Waals surface area contributed by atoms with Crippen LogP contribution in [0.4, 0.5) is 0 Å². The lowest BCUT2D eigenvalue weighted by Crippen LogP contribution is -2.33. The molecule has 21 heavy (non-hydrogen) atoms. The van der Waals surface area contributed by atoms with Crippen LogP contribution < -0.4 is 5.63 Å². The minimum atomic E-state index is -0.250. The van der Waals surface area contributed by atoms with Gasteiger partial charge in [0.1, 0.15) is 5.58 Å². The van der Waals surface area contributed by atoms with Gasteiger partial charge < -0.3 is 4.42 Å². The molecule has 1 fully saturated rings. The highest BCUT2D eigenvalue weighted by Gasteiger charge is 2.18. The van der Waals surface area contributed by atoms with Gasteiger partial charge in [0.15, 0.2) is 0 Å². The van der Waals surface area contributed by atoms with Crippen molar-refractivity contribution >= 4 is 22.7 Å². The minimum Gasteiger partial charge on any atom is -0.423 e. The van der Waals surface area contributed by atoms with Crippen molar-refractivity contribution in [1.29, 1.82) is 0 Å². The summed E-state index contributed by atoms with van der Waals surface area (Å²) in [5.41, 5.74) is 2.65. The summed E-state index contributed by atoms with van der Waals surface area (Å²) in [5.74, 6) is 2.40. The molecule has 2 heterocycles. The van der Waals surface area contributed by atoms with Gasteiger partial charge >= 0.3 is 5.63 Å². The van der Waals surface area contributed by atoms with Crippen molar-refractivity contribution in [1.82, 2.24) is 4.90 Å². The molecular weight excluding hydrogens is 282 g/mol. The Hall–Kier alpha value is -1.26. The second-order valence-electron chi connectivity index (χ2n) is 5.81. The molecule has 3 rings (SSSR count). The largest absolute Gasteiger partial charge is 0.423 e. The van der Waals surface area contributed by atoms with Gasteiger partial charge in [-0.2, -0.15) is 11.8 Å². The van der Waals surface area contributed by atoms with Gasteiger partial charge in [0.2, 0.25) is 0 Å². The van der Waals surface area contributed by atoms with Crippen LogP contribution >= 0.6 is 11.8 Å².